The summed E-state index contributed by atoms with van der Waals surface area (Å²) >= 11 is 0. The molecule has 1 aliphatic heterocycles. The molecule has 0 saturated carbocycles. The molecule has 2 aromatic carbocycles. The van der Waals surface area contributed by atoms with Crippen LogP contribution < -0.4 is 10.1 Å². The molecule has 1 aromatic heterocycles. The molecule has 7 nitrogen and oxygen atoms in total. The van der Waals surface area contributed by atoms with Crippen molar-refractivity contribution in [2.45, 2.75) is 13.2 Å². The maximum Gasteiger partial charge on any atom is 0.271 e. The zero-order valence-corrected chi connectivity index (χ0v) is 17.6. The molecule has 0 radical (unpaired) electrons. The number of carbonyl (C=O) groups excluding carboxylic acids is 1. The highest BCUT2D eigenvalue weighted by atomic mass is 16.5. The number of carbonyl (C=O) groups is 1. The number of hydrogen-bond acceptors (Lipinski definition) is 5. The van der Waals surface area contributed by atoms with Gasteiger partial charge >= 0.3 is 0 Å². The highest BCUT2D eigenvalue weighted by Crippen LogP contribution is 2.22. The first-order valence-corrected chi connectivity index (χ1v) is 10.7. The highest BCUT2D eigenvalue weighted by molar-refractivity contribution is 5.92. The topological polar surface area (TPSA) is 68.6 Å². The Bertz CT molecular complexity index is 950. The molecule has 2 heterocycles. The van der Waals surface area contributed by atoms with Crippen LogP contribution in [0.2, 0.25) is 0 Å². The van der Waals surface area contributed by atoms with Crippen LogP contribution in [-0.4, -0.2) is 60.0 Å². The second kappa shape index (κ2) is 10.7. The monoisotopic (exact) mass is 420 g/mol. The van der Waals surface area contributed by atoms with Crippen molar-refractivity contribution < 1.29 is 14.3 Å². The minimum atomic E-state index is -0.159. The SMILES string of the molecule is O=C(NCCCN1CCOCC1)c1ccn(COc2ccc(-c3ccccc3)cc2)n1. The van der Waals surface area contributed by atoms with Crippen LogP contribution in [-0.2, 0) is 11.5 Å². The summed E-state index contributed by atoms with van der Waals surface area (Å²) in [7, 11) is 0. The molecule has 7 heteroatoms. The van der Waals surface area contributed by atoms with E-state index in [1.807, 2.05) is 42.5 Å². The maximum absolute atomic E-state index is 12.3. The van der Waals surface area contributed by atoms with E-state index in [1.165, 1.54) is 5.56 Å². The van der Waals surface area contributed by atoms with Crippen molar-refractivity contribution in [3.63, 3.8) is 0 Å². The summed E-state index contributed by atoms with van der Waals surface area (Å²) in [6.45, 7) is 5.37. The predicted molar refractivity (Wildman–Crippen MR) is 119 cm³/mol. The number of nitrogens with one attached hydrogen (secondary N) is 1. The summed E-state index contributed by atoms with van der Waals surface area (Å²) in [5.74, 6) is 0.595. The smallest absolute Gasteiger partial charge is 0.271 e. The van der Waals surface area contributed by atoms with Crippen molar-refractivity contribution in [3.8, 4) is 16.9 Å². The van der Waals surface area contributed by atoms with E-state index < -0.39 is 0 Å². The number of morpholine rings is 1. The van der Waals surface area contributed by atoms with Gasteiger partial charge in [-0.05, 0) is 42.3 Å². The first kappa shape index (κ1) is 21.1. The Hall–Kier alpha value is -3.16. The maximum atomic E-state index is 12.3. The largest absolute Gasteiger partial charge is 0.471 e. The normalized spacial score (nSPS) is 14.3. The molecular weight excluding hydrogens is 392 g/mol. The zero-order chi connectivity index (χ0) is 21.3. The van der Waals surface area contributed by atoms with Crippen molar-refractivity contribution in [1.82, 2.24) is 20.0 Å². The Morgan fingerprint density at radius 3 is 2.52 bits per heavy atom. The molecule has 31 heavy (non-hydrogen) atoms. The molecule has 0 spiro atoms. The third-order valence-electron chi connectivity index (χ3n) is 5.24. The van der Waals surface area contributed by atoms with Gasteiger partial charge in [-0.25, -0.2) is 4.68 Å². The first-order chi connectivity index (χ1) is 15.3. The van der Waals surface area contributed by atoms with Crippen molar-refractivity contribution in [2.24, 2.45) is 0 Å². The van der Waals surface area contributed by atoms with E-state index in [1.54, 1.807) is 16.9 Å². The Balaban J connectivity index is 1.20. The Morgan fingerprint density at radius 2 is 1.74 bits per heavy atom. The van der Waals surface area contributed by atoms with Crippen LogP contribution in [0.15, 0.2) is 66.9 Å². The lowest BCUT2D eigenvalue weighted by atomic mass is 10.1. The van der Waals surface area contributed by atoms with E-state index in [0.717, 1.165) is 50.6 Å². The molecule has 1 aliphatic rings. The minimum Gasteiger partial charge on any atom is -0.471 e. The number of ether oxygens (including phenoxy) is 2. The lowest BCUT2D eigenvalue weighted by Gasteiger charge is -2.26. The number of aromatic nitrogens is 2. The van der Waals surface area contributed by atoms with Gasteiger partial charge < -0.3 is 14.8 Å². The number of amides is 1. The molecule has 3 aromatic rings. The van der Waals surface area contributed by atoms with Crippen molar-refractivity contribution in [2.75, 3.05) is 39.4 Å². The van der Waals surface area contributed by atoms with Gasteiger partial charge in [0.1, 0.15) is 11.4 Å². The molecule has 1 saturated heterocycles. The fraction of sp³-hybridized carbons (Fsp3) is 0.333. The molecule has 162 valence electrons. The zero-order valence-electron chi connectivity index (χ0n) is 17.6. The fourth-order valence-electron chi connectivity index (χ4n) is 3.49. The predicted octanol–water partition coefficient (Wildman–Crippen LogP) is 3.04. The molecule has 1 fully saturated rings. The number of hydrogen-bond donors (Lipinski definition) is 1. The molecule has 1 amide bonds. The summed E-state index contributed by atoms with van der Waals surface area (Å²) in [6.07, 6.45) is 2.66. The minimum absolute atomic E-state index is 0.159. The van der Waals surface area contributed by atoms with E-state index in [0.29, 0.717) is 12.2 Å². The summed E-state index contributed by atoms with van der Waals surface area (Å²) in [5.41, 5.74) is 2.70. The third-order valence-corrected chi connectivity index (χ3v) is 5.24. The summed E-state index contributed by atoms with van der Waals surface area (Å²) in [4.78, 5) is 14.6. The van der Waals surface area contributed by atoms with Crippen molar-refractivity contribution in [1.29, 1.82) is 0 Å². The van der Waals surface area contributed by atoms with E-state index in [-0.39, 0.29) is 12.6 Å². The van der Waals surface area contributed by atoms with Crippen LogP contribution >= 0.6 is 0 Å². The number of benzene rings is 2. The summed E-state index contributed by atoms with van der Waals surface area (Å²) in [6, 6.07) is 19.9. The van der Waals surface area contributed by atoms with E-state index in [2.05, 4.69) is 27.4 Å². The van der Waals surface area contributed by atoms with Crippen molar-refractivity contribution >= 4 is 5.91 Å². The van der Waals surface area contributed by atoms with Crippen LogP contribution in [0.4, 0.5) is 0 Å². The van der Waals surface area contributed by atoms with Gasteiger partial charge in [-0.3, -0.25) is 9.69 Å². The number of rotatable bonds is 9. The molecule has 4 rings (SSSR count). The third kappa shape index (κ3) is 6.16. The standard InChI is InChI=1S/C24H28N4O3/c29-24(25-12-4-13-27-15-17-30-18-16-27)23-11-14-28(26-23)19-31-22-9-7-21(8-10-22)20-5-2-1-3-6-20/h1-3,5-11,14H,4,12-13,15-19H2,(H,25,29). The highest BCUT2D eigenvalue weighted by Gasteiger charge is 2.11. The average molecular weight is 421 g/mol. The Morgan fingerprint density at radius 1 is 1.00 bits per heavy atom. The van der Waals surface area contributed by atoms with Gasteiger partial charge in [0.15, 0.2) is 6.73 Å². The molecule has 0 aliphatic carbocycles. The van der Waals surface area contributed by atoms with Crippen LogP contribution in [0.25, 0.3) is 11.1 Å². The molecular formula is C24H28N4O3. The Kier molecular flexibility index (Phi) is 7.31. The van der Waals surface area contributed by atoms with E-state index in [9.17, 15) is 4.79 Å². The first-order valence-electron chi connectivity index (χ1n) is 10.7. The second-order valence-corrected chi connectivity index (χ2v) is 7.47. The van der Waals surface area contributed by atoms with Crippen LogP contribution in [0, 0.1) is 0 Å². The Labute approximate surface area is 182 Å². The van der Waals surface area contributed by atoms with Gasteiger partial charge in [-0.2, -0.15) is 5.10 Å². The lowest BCUT2D eigenvalue weighted by molar-refractivity contribution is 0.0374. The van der Waals surface area contributed by atoms with Crippen LogP contribution in [0.5, 0.6) is 5.75 Å². The van der Waals surface area contributed by atoms with Gasteiger partial charge in [-0.15, -0.1) is 0 Å². The molecule has 0 unspecified atom stereocenters. The molecule has 1 N–H and O–H groups in total. The molecule has 0 atom stereocenters. The van der Waals surface area contributed by atoms with Gasteiger partial charge in [0.25, 0.3) is 5.91 Å². The average Bonchev–Trinajstić information content (AvgIpc) is 3.31. The van der Waals surface area contributed by atoms with E-state index in [4.69, 9.17) is 9.47 Å². The number of nitrogens with zero attached hydrogens (tertiary/aromatic N) is 3. The van der Waals surface area contributed by atoms with Gasteiger partial charge in [0.2, 0.25) is 0 Å². The second-order valence-electron chi connectivity index (χ2n) is 7.47. The quantitative estimate of drug-likeness (QED) is 0.539. The van der Waals surface area contributed by atoms with Crippen molar-refractivity contribution in [3.05, 3.63) is 72.6 Å². The van der Waals surface area contributed by atoms with Crippen LogP contribution in [0.3, 0.4) is 0 Å². The summed E-state index contributed by atoms with van der Waals surface area (Å²) < 4.78 is 12.8. The molecule has 0 bridgehead atoms. The van der Waals surface area contributed by atoms with Gasteiger partial charge in [0.05, 0.1) is 13.2 Å². The van der Waals surface area contributed by atoms with E-state index >= 15 is 0 Å². The lowest BCUT2D eigenvalue weighted by Crippen LogP contribution is -2.38. The van der Waals surface area contributed by atoms with Crippen LogP contribution in [0.1, 0.15) is 16.9 Å². The van der Waals surface area contributed by atoms with Gasteiger partial charge in [0, 0.05) is 25.8 Å². The fourth-order valence-corrected chi connectivity index (χ4v) is 3.49. The van der Waals surface area contributed by atoms with Gasteiger partial charge in [-0.1, -0.05) is 42.5 Å². The summed E-state index contributed by atoms with van der Waals surface area (Å²) in [5, 5.41) is 7.25.